The summed E-state index contributed by atoms with van der Waals surface area (Å²) in [4.78, 5) is 8.13. The van der Waals surface area contributed by atoms with Crippen molar-refractivity contribution >= 4 is 27.5 Å². The Morgan fingerprint density at radius 2 is 1.94 bits per heavy atom. The second-order valence-electron chi connectivity index (χ2n) is 3.70. The molecular formula is C12H9BrClFN2O. The lowest BCUT2D eigenvalue weighted by Crippen LogP contribution is -1.97. The van der Waals surface area contributed by atoms with E-state index in [9.17, 15) is 4.39 Å². The molecule has 0 saturated heterocycles. The van der Waals surface area contributed by atoms with Crippen molar-refractivity contribution < 1.29 is 9.13 Å². The van der Waals surface area contributed by atoms with Crippen molar-refractivity contribution in [3.63, 3.8) is 0 Å². The Hall–Kier alpha value is -1.20. The molecule has 0 radical (unpaired) electrons. The Morgan fingerprint density at radius 3 is 2.61 bits per heavy atom. The highest BCUT2D eigenvalue weighted by Gasteiger charge is 2.10. The number of aromatic nitrogens is 2. The normalized spacial score (nSPS) is 10.5. The van der Waals surface area contributed by atoms with Crippen molar-refractivity contribution in [3.8, 4) is 11.6 Å². The molecule has 0 aliphatic rings. The lowest BCUT2D eigenvalue weighted by molar-refractivity contribution is 0.450. The van der Waals surface area contributed by atoms with Gasteiger partial charge in [0, 0.05) is 16.1 Å². The van der Waals surface area contributed by atoms with Crippen LogP contribution in [0.25, 0.3) is 0 Å². The van der Waals surface area contributed by atoms with Gasteiger partial charge in [0.25, 0.3) is 0 Å². The van der Waals surface area contributed by atoms with E-state index in [4.69, 9.17) is 16.3 Å². The summed E-state index contributed by atoms with van der Waals surface area (Å²) in [6.45, 7) is 3.45. The van der Waals surface area contributed by atoms with Gasteiger partial charge in [0.15, 0.2) is 0 Å². The summed E-state index contributed by atoms with van der Waals surface area (Å²) >= 11 is 9.13. The molecule has 1 heterocycles. The largest absolute Gasteiger partial charge is 0.438 e. The first-order chi connectivity index (χ1) is 8.45. The number of ether oxygens (including phenoxy) is 1. The molecule has 0 amide bonds. The van der Waals surface area contributed by atoms with Gasteiger partial charge in [-0.3, -0.25) is 0 Å². The van der Waals surface area contributed by atoms with Gasteiger partial charge < -0.3 is 4.74 Å². The lowest BCUT2D eigenvalue weighted by Gasteiger charge is -2.09. The van der Waals surface area contributed by atoms with E-state index in [1.807, 2.05) is 0 Å². The van der Waals surface area contributed by atoms with Crippen molar-refractivity contribution in [2.24, 2.45) is 0 Å². The first-order valence-corrected chi connectivity index (χ1v) is 6.27. The quantitative estimate of drug-likeness (QED) is 0.763. The van der Waals surface area contributed by atoms with Crippen LogP contribution in [0, 0.1) is 19.7 Å². The van der Waals surface area contributed by atoms with E-state index in [0.29, 0.717) is 32.6 Å². The van der Waals surface area contributed by atoms with Crippen molar-refractivity contribution in [3.05, 3.63) is 45.0 Å². The summed E-state index contributed by atoms with van der Waals surface area (Å²) < 4.78 is 19.3. The fourth-order valence-corrected chi connectivity index (χ4v) is 2.02. The van der Waals surface area contributed by atoms with Gasteiger partial charge in [0.2, 0.25) is 5.88 Å². The van der Waals surface area contributed by atoms with E-state index in [1.54, 1.807) is 19.9 Å². The van der Waals surface area contributed by atoms with E-state index >= 15 is 0 Å². The zero-order valence-corrected chi connectivity index (χ0v) is 12.0. The fourth-order valence-electron chi connectivity index (χ4n) is 1.37. The van der Waals surface area contributed by atoms with Gasteiger partial charge >= 0.3 is 0 Å². The number of aryl methyl sites for hydroxylation is 1. The molecule has 0 aliphatic carbocycles. The average Bonchev–Trinajstić information content (AvgIpc) is 2.23. The van der Waals surface area contributed by atoms with E-state index < -0.39 is 5.82 Å². The highest BCUT2D eigenvalue weighted by molar-refractivity contribution is 9.10. The molecule has 0 N–H and O–H groups in total. The fraction of sp³-hybridized carbons (Fsp3) is 0.167. The summed E-state index contributed by atoms with van der Waals surface area (Å²) in [6.07, 6.45) is 0. The minimum atomic E-state index is -0.395. The van der Waals surface area contributed by atoms with Crippen LogP contribution in [0.1, 0.15) is 11.4 Å². The third-order valence-corrected chi connectivity index (χ3v) is 3.03. The number of halogens is 3. The van der Waals surface area contributed by atoms with E-state index in [-0.39, 0.29) is 0 Å². The van der Waals surface area contributed by atoms with E-state index in [0.717, 1.165) is 0 Å². The third-order valence-electron chi connectivity index (χ3n) is 2.20. The van der Waals surface area contributed by atoms with Gasteiger partial charge in [-0.15, -0.1) is 0 Å². The molecular weight excluding hydrogens is 322 g/mol. The molecule has 18 heavy (non-hydrogen) atoms. The minimum Gasteiger partial charge on any atom is -0.438 e. The molecule has 0 saturated carbocycles. The highest BCUT2D eigenvalue weighted by atomic mass is 79.9. The molecule has 1 aromatic carbocycles. The van der Waals surface area contributed by atoms with Gasteiger partial charge in [-0.25, -0.2) is 9.37 Å². The molecule has 0 fully saturated rings. The maximum absolute atomic E-state index is 13.2. The Bertz CT molecular complexity index is 587. The standard InChI is InChI=1S/C12H9BrClFN2O/c1-6-11(14)16-7(2)17-12(6)18-10-4-8(13)3-9(15)5-10/h3-5H,1-2H3. The average molecular weight is 332 g/mol. The smallest absolute Gasteiger partial charge is 0.226 e. The summed E-state index contributed by atoms with van der Waals surface area (Å²) in [5.74, 6) is 0.772. The van der Waals surface area contributed by atoms with Crippen molar-refractivity contribution in [2.45, 2.75) is 13.8 Å². The van der Waals surface area contributed by atoms with Crippen LogP contribution in [0.3, 0.4) is 0 Å². The first-order valence-electron chi connectivity index (χ1n) is 5.10. The van der Waals surface area contributed by atoms with Crippen LogP contribution < -0.4 is 4.74 Å². The Balaban J connectivity index is 2.39. The van der Waals surface area contributed by atoms with Crippen LogP contribution in [-0.4, -0.2) is 9.97 Å². The molecule has 2 aromatic rings. The maximum atomic E-state index is 13.2. The van der Waals surface area contributed by atoms with E-state index in [2.05, 4.69) is 25.9 Å². The van der Waals surface area contributed by atoms with Gasteiger partial charge in [-0.1, -0.05) is 27.5 Å². The summed E-state index contributed by atoms with van der Waals surface area (Å²) in [5.41, 5.74) is 0.614. The number of benzene rings is 1. The molecule has 0 bridgehead atoms. The van der Waals surface area contributed by atoms with Gasteiger partial charge in [0.05, 0.1) is 0 Å². The van der Waals surface area contributed by atoms with Crippen molar-refractivity contribution in [2.75, 3.05) is 0 Å². The van der Waals surface area contributed by atoms with Crippen LogP contribution in [0.15, 0.2) is 22.7 Å². The molecule has 0 spiro atoms. The van der Waals surface area contributed by atoms with Crippen molar-refractivity contribution in [1.29, 1.82) is 0 Å². The molecule has 2 rings (SSSR count). The molecule has 1 aromatic heterocycles. The zero-order valence-electron chi connectivity index (χ0n) is 9.67. The molecule has 0 atom stereocenters. The van der Waals surface area contributed by atoms with Crippen molar-refractivity contribution in [1.82, 2.24) is 9.97 Å². The zero-order chi connectivity index (χ0) is 13.3. The van der Waals surface area contributed by atoms with Crippen LogP contribution in [0.4, 0.5) is 4.39 Å². The second kappa shape index (κ2) is 5.20. The summed E-state index contributed by atoms with van der Waals surface area (Å²) in [6, 6.07) is 4.27. The Kier molecular flexibility index (Phi) is 3.82. The molecule has 0 unspecified atom stereocenters. The topological polar surface area (TPSA) is 35.0 Å². The van der Waals surface area contributed by atoms with Crippen LogP contribution in [0.5, 0.6) is 11.6 Å². The lowest BCUT2D eigenvalue weighted by atomic mass is 10.3. The highest BCUT2D eigenvalue weighted by Crippen LogP contribution is 2.29. The van der Waals surface area contributed by atoms with Crippen LogP contribution >= 0.6 is 27.5 Å². The molecule has 0 aliphatic heterocycles. The number of hydrogen-bond acceptors (Lipinski definition) is 3. The predicted octanol–water partition coefficient (Wildman–Crippen LogP) is 4.44. The first kappa shape index (κ1) is 13.2. The van der Waals surface area contributed by atoms with Gasteiger partial charge in [0.1, 0.15) is 22.5 Å². The number of nitrogens with zero attached hydrogens (tertiary/aromatic N) is 2. The Labute approximate surface area is 117 Å². The second-order valence-corrected chi connectivity index (χ2v) is 4.97. The third kappa shape index (κ3) is 2.97. The molecule has 94 valence electrons. The summed E-state index contributed by atoms with van der Waals surface area (Å²) in [7, 11) is 0. The number of rotatable bonds is 2. The SMILES string of the molecule is Cc1nc(Cl)c(C)c(Oc2cc(F)cc(Br)c2)n1. The van der Waals surface area contributed by atoms with Gasteiger partial charge in [-0.05, 0) is 26.0 Å². The minimum absolute atomic E-state index is 0.324. The monoisotopic (exact) mass is 330 g/mol. The number of hydrogen-bond donors (Lipinski definition) is 0. The predicted molar refractivity (Wildman–Crippen MR) is 70.7 cm³/mol. The maximum Gasteiger partial charge on any atom is 0.226 e. The van der Waals surface area contributed by atoms with Crippen LogP contribution in [-0.2, 0) is 0 Å². The molecule has 6 heteroatoms. The van der Waals surface area contributed by atoms with E-state index in [1.165, 1.54) is 12.1 Å². The Morgan fingerprint density at radius 1 is 1.22 bits per heavy atom. The molecule has 3 nitrogen and oxygen atoms in total. The van der Waals surface area contributed by atoms with Gasteiger partial charge in [-0.2, -0.15) is 4.98 Å². The summed E-state index contributed by atoms with van der Waals surface area (Å²) in [5, 5.41) is 0.327. The van der Waals surface area contributed by atoms with Crippen LogP contribution in [0.2, 0.25) is 5.15 Å².